The van der Waals surface area contributed by atoms with E-state index < -0.39 is 6.09 Å². The van der Waals surface area contributed by atoms with Gasteiger partial charge in [-0.1, -0.05) is 60.7 Å². The van der Waals surface area contributed by atoms with Gasteiger partial charge in [0.2, 0.25) is 0 Å². The first kappa shape index (κ1) is 21.4. The highest BCUT2D eigenvalue weighted by atomic mass is 16.5. The van der Waals surface area contributed by atoms with Crippen LogP contribution >= 0.6 is 0 Å². The molecule has 0 aliphatic heterocycles. The van der Waals surface area contributed by atoms with Gasteiger partial charge in [-0.3, -0.25) is 5.32 Å². The van der Waals surface area contributed by atoms with E-state index in [1.54, 1.807) is 13.0 Å². The smallest absolute Gasteiger partial charge is 0.412 e. The maximum absolute atomic E-state index is 12.0. The van der Waals surface area contributed by atoms with E-state index in [0.29, 0.717) is 19.0 Å². The number of carbonyl (C=O) groups is 1. The van der Waals surface area contributed by atoms with Gasteiger partial charge in [0.1, 0.15) is 17.2 Å². The molecule has 0 fully saturated rings. The lowest BCUT2D eigenvalue weighted by Crippen LogP contribution is -2.27. The van der Waals surface area contributed by atoms with Crippen LogP contribution in [-0.2, 0) is 17.7 Å². The summed E-state index contributed by atoms with van der Waals surface area (Å²) in [5.41, 5.74) is 4.02. The third kappa shape index (κ3) is 5.24. The Morgan fingerprint density at radius 3 is 2.41 bits per heavy atom. The molecule has 0 radical (unpaired) electrons. The molecule has 0 aliphatic rings. The normalized spacial score (nSPS) is 10.8. The Balaban J connectivity index is 1.71. The van der Waals surface area contributed by atoms with Crippen LogP contribution < -0.4 is 10.2 Å². The fourth-order valence-corrected chi connectivity index (χ4v) is 3.65. The highest BCUT2D eigenvalue weighted by Gasteiger charge is 2.18. The van der Waals surface area contributed by atoms with Crippen molar-refractivity contribution in [2.75, 3.05) is 23.4 Å². The highest BCUT2D eigenvalue weighted by Crippen LogP contribution is 2.28. The Kier molecular flexibility index (Phi) is 6.65. The third-order valence-corrected chi connectivity index (χ3v) is 5.10. The molecule has 0 spiro atoms. The molecule has 0 saturated carbocycles. The first-order valence-electron chi connectivity index (χ1n) is 10.8. The van der Waals surface area contributed by atoms with Gasteiger partial charge in [0.25, 0.3) is 0 Å². The molecule has 2 aromatic carbocycles. The van der Waals surface area contributed by atoms with E-state index in [1.807, 2.05) is 43.3 Å². The minimum Gasteiger partial charge on any atom is -0.450 e. The summed E-state index contributed by atoms with van der Waals surface area (Å²) in [6.07, 6.45) is 0.330. The number of nitrogens with one attached hydrogen (secondary N) is 2. The van der Waals surface area contributed by atoms with E-state index in [-0.39, 0.29) is 0 Å². The molecule has 2 heterocycles. The molecule has 164 valence electrons. The number of nitrogens with zero attached hydrogens (tertiary/aromatic N) is 3. The second kappa shape index (κ2) is 9.96. The molecule has 1 amide bonds. The van der Waals surface area contributed by atoms with Crippen molar-refractivity contribution in [1.29, 1.82) is 0 Å². The number of imidazole rings is 1. The molecule has 2 N–H and O–H groups in total. The van der Waals surface area contributed by atoms with E-state index >= 15 is 0 Å². The second-order valence-electron chi connectivity index (χ2n) is 7.54. The summed E-state index contributed by atoms with van der Waals surface area (Å²) >= 11 is 0. The van der Waals surface area contributed by atoms with E-state index in [0.717, 1.165) is 35.6 Å². The molecular formula is C25H27N5O2. The zero-order valence-electron chi connectivity index (χ0n) is 18.3. The van der Waals surface area contributed by atoms with Crippen LogP contribution in [0.1, 0.15) is 23.9 Å². The number of amides is 1. The number of fused-ring (bicyclic) bond motifs is 1. The van der Waals surface area contributed by atoms with Gasteiger partial charge in [-0.05, 0) is 31.4 Å². The van der Waals surface area contributed by atoms with Crippen molar-refractivity contribution in [2.24, 2.45) is 0 Å². The summed E-state index contributed by atoms with van der Waals surface area (Å²) in [5, 5.41) is 2.73. The molecule has 0 saturated heterocycles. The topological polar surface area (TPSA) is 83.1 Å². The lowest BCUT2D eigenvalue weighted by Gasteiger charge is -2.25. The van der Waals surface area contributed by atoms with Gasteiger partial charge in [0, 0.05) is 19.2 Å². The average Bonchev–Trinajstić information content (AvgIpc) is 3.17. The molecule has 4 aromatic rings. The second-order valence-corrected chi connectivity index (χ2v) is 7.54. The Labute approximate surface area is 187 Å². The lowest BCUT2D eigenvalue weighted by atomic mass is 10.1. The van der Waals surface area contributed by atoms with Gasteiger partial charge in [-0.15, -0.1) is 0 Å². The van der Waals surface area contributed by atoms with Gasteiger partial charge in [0.15, 0.2) is 5.82 Å². The first-order chi connectivity index (χ1) is 15.6. The molecule has 7 heteroatoms. The number of aromatic nitrogens is 3. The maximum Gasteiger partial charge on any atom is 0.412 e. The van der Waals surface area contributed by atoms with Crippen molar-refractivity contribution in [2.45, 2.75) is 26.8 Å². The summed E-state index contributed by atoms with van der Waals surface area (Å²) in [7, 11) is 0. The molecule has 2 aromatic heterocycles. The quantitative estimate of drug-likeness (QED) is 0.408. The van der Waals surface area contributed by atoms with Crippen molar-refractivity contribution in [1.82, 2.24) is 15.0 Å². The molecule has 32 heavy (non-hydrogen) atoms. The van der Waals surface area contributed by atoms with Crippen molar-refractivity contribution in [3.05, 3.63) is 83.7 Å². The SMILES string of the molecule is CCOC(=O)Nc1cc2[nH]c(C)nc2c(N(CCc2ccccc2)Cc2ccccc2)n1. The Morgan fingerprint density at radius 1 is 1.03 bits per heavy atom. The van der Waals surface area contributed by atoms with E-state index in [4.69, 9.17) is 9.72 Å². The number of pyridine rings is 1. The van der Waals surface area contributed by atoms with Crippen LogP contribution in [0.3, 0.4) is 0 Å². The van der Waals surface area contributed by atoms with Gasteiger partial charge >= 0.3 is 6.09 Å². The minimum atomic E-state index is -0.527. The van der Waals surface area contributed by atoms with Gasteiger partial charge in [-0.2, -0.15) is 0 Å². The number of benzene rings is 2. The number of rotatable bonds is 8. The summed E-state index contributed by atoms with van der Waals surface area (Å²) in [4.78, 5) is 27.0. The zero-order valence-corrected chi connectivity index (χ0v) is 18.3. The number of anilines is 2. The summed E-state index contributed by atoms with van der Waals surface area (Å²) < 4.78 is 5.03. The molecule has 0 aliphatic carbocycles. The number of aromatic amines is 1. The first-order valence-corrected chi connectivity index (χ1v) is 10.8. The van der Waals surface area contributed by atoms with Crippen molar-refractivity contribution in [3.8, 4) is 0 Å². The number of H-pyrrole nitrogens is 1. The largest absolute Gasteiger partial charge is 0.450 e. The van der Waals surface area contributed by atoms with Crippen LogP contribution in [0, 0.1) is 6.92 Å². The molecular weight excluding hydrogens is 402 g/mol. The Morgan fingerprint density at radius 2 is 1.72 bits per heavy atom. The van der Waals surface area contributed by atoms with Crippen LogP contribution in [0.5, 0.6) is 0 Å². The molecule has 0 bridgehead atoms. The number of carbonyl (C=O) groups excluding carboxylic acids is 1. The van der Waals surface area contributed by atoms with Crippen LogP contribution in [0.4, 0.5) is 16.4 Å². The molecule has 4 rings (SSSR count). The standard InChI is InChI=1S/C25H27N5O2/c1-3-32-25(31)29-22-16-21-23(27-18(2)26-21)24(28-22)30(17-20-12-8-5-9-13-20)15-14-19-10-6-4-7-11-19/h4-13,16H,3,14-15,17H2,1-2H3,(H,26,27)(H,28,29,31). The van der Waals surface area contributed by atoms with Crippen LogP contribution in [-0.4, -0.2) is 34.2 Å². The Hall–Kier alpha value is -3.87. The third-order valence-electron chi connectivity index (χ3n) is 5.10. The summed E-state index contributed by atoms with van der Waals surface area (Å²) in [5.74, 6) is 1.94. The highest BCUT2D eigenvalue weighted by molar-refractivity contribution is 5.92. The minimum absolute atomic E-state index is 0.293. The van der Waals surface area contributed by atoms with Crippen LogP contribution in [0.2, 0.25) is 0 Å². The van der Waals surface area contributed by atoms with Crippen molar-refractivity contribution in [3.63, 3.8) is 0 Å². The van der Waals surface area contributed by atoms with Crippen molar-refractivity contribution >= 4 is 28.8 Å². The van der Waals surface area contributed by atoms with Gasteiger partial charge < -0.3 is 14.6 Å². The zero-order chi connectivity index (χ0) is 22.3. The monoisotopic (exact) mass is 429 g/mol. The van der Waals surface area contributed by atoms with E-state index in [9.17, 15) is 4.79 Å². The fourth-order valence-electron chi connectivity index (χ4n) is 3.65. The maximum atomic E-state index is 12.0. The summed E-state index contributed by atoms with van der Waals surface area (Å²) in [6, 6.07) is 22.4. The average molecular weight is 430 g/mol. The number of hydrogen-bond acceptors (Lipinski definition) is 5. The van der Waals surface area contributed by atoms with Crippen molar-refractivity contribution < 1.29 is 9.53 Å². The molecule has 0 atom stereocenters. The number of ether oxygens (including phenoxy) is 1. The lowest BCUT2D eigenvalue weighted by molar-refractivity contribution is 0.168. The molecule has 7 nitrogen and oxygen atoms in total. The van der Waals surface area contributed by atoms with E-state index in [2.05, 4.69) is 44.5 Å². The van der Waals surface area contributed by atoms with E-state index in [1.165, 1.54) is 11.1 Å². The Bertz CT molecular complexity index is 1180. The van der Waals surface area contributed by atoms with Gasteiger partial charge in [-0.25, -0.2) is 14.8 Å². The number of hydrogen-bond donors (Lipinski definition) is 2. The predicted molar refractivity (Wildman–Crippen MR) is 127 cm³/mol. The predicted octanol–water partition coefficient (Wildman–Crippen LogP) is 5.08. The van der Waals surface area contributed by atoms with Gasteiger partial charge in [0.05, 0.1) is 12.1 Å². The van der Waals surface area contributed by atoms with Crippen LogP contribution in [0.15, 0.2) is 66.7 Å². The fraction of sp³-hybridized carbons (Fsp3) is 0.240. The number of aryl methyl sites for hydroxylation is 1. The van der Waals surface area contributed by atoms with Crippen LogP contribution in [0.25, 0.3) is 11.0 Å². The summed E-state index contributed by atoms with van der Waals surface area (Å²) in [6.45, 7) is 5.39. The molecule has 0 unspecified atom stereocenters.